The number of aromatic nitrogens is 2. The minimum atomic E-state index is -0.209. The second-order valence-corrected chi connectivity index (χ2v) is 7.69. The van der Waals surface area contributed by atoms with E-state index >= 15 is 0 Å². The van der Waals surface area contributed by atoms with E-state index in [4.69, 9.17) is 9.47 Å². The number of carbonyl (C=O) groups excluding carboxylic acids is 1. The molecule has 1 fully saturated rings. The van der Waals surface area contributed by atoms with E-state index in [1.165, 1.54) is 11.6 Å². The lowest BCUT2D eigenvalue weighted by molar-refractivity contribution is -0.111. The molecule has 0 saturated carbocycles. The lowest BCUT2D eigenvalue weighted by Crippen LogP contribution is -2.18. The quantitative estimate of drug-likeness (QED) is 0.634. The lowest BCUT2D eigenvalue weighted by Gasteiger charge is -2.21. The van der Waals surface area contributed by atoms with Crippen molar-refractivity contribution in [1.29, 1.82) is 0 Å². The summed E-state index contributed by atoms with van der Waals surface area (Å²) in [7, 11) is 0. The van der Waals surface area contributed by atoms with Crippen molar-refractivity contribution in [2.75, 3.05) is 30.0 Å². The van der Waals surface area contributed by atoms with E-state index < -0.39 is 0 Å². The normalized spacial score (nSPS) is 18.0. The molecule has 7 nitrogen and oxygen atoms in total. The van der Waals surface area contributed by atoms with E-state index in [2.05, 4.69) is 38.4 Å². The summed E-state index contributed by atoms with van der Waals surface area (Å²) in [6, 6.07) is 12.2. The number of nitrogens with one attached hydrogen (secondary N) is 1. The third kappa shape index (κ3) is 3.84. The zero-order valence-corrected chi connectivity index (χ0v) is 17.4. The summed E-state index contributed by atoms with van der Waals surface area (Å²) < 4.78 is 11.6. The van der Waals surface area contributed by atoms with Crippen molar-refractivity contribution >= 4 is 34.0 Å². The Labute approximate surface area is 180 Å². The monoisotopic (exact) mass is 416 g/mol. The first-order chi connectivity index (χ1) is 15.2. The molecule has 0 aliphatic carbocycles. The van der Waals surface area contributed by atoms with Gasteiger partial charge < -0.3 is 19.7 Å². The average molecular weight is 416 g/mol. The van der Waals surface area contributed by atoms with Crippen molar-refractivity contribution in [2.45, 2.75) is 25.9 Å². The van der Waals surface area contributed by atoms with Crippen LogP contribution in [0.15, 0.2) is 54.9 Å². The van der Waals surface area contributed by atoms with Gasteiger partial charge in [-0.1, -0.05) is 24.3 Å². The highest BCUT2D eigenvalue weighted by atomic mass is 16.5. The number of hydrogen-bond donors (Lipinski definition) is 1. The number of ether oxygens (including phenoxy) is 2. The highest BCUT2D eigenvalue weighted by Gasteiger charge is 2.25. The first-order valence-electron chi connectivity index (χ1n) is 10.5. The lowest BCUT2D eigenvalue weighted by atomic mass is 10.1. The molecular weight excluding hydrogens is 392 g/mol. The van der Waals surface area contributed by atoms with Gasteiger partial charge in [-0.25, -0.2) is 9.97 Å². The molecule has 2 aliphatic rings. The van der Waals surface area contributed by atoms with Gasteiger partial charge in [-0.2, -0.15) is 0 Å². The molecule has 0 radical (unpaired) electrons. The minimum Gasteiger partial charge on any atom is -0.486 e. The van der Waals surface area contributed by atoms with E-state index in [1.807, 2.05) is 25.1 Å². The Hall–Kier alpha value is -3.45. The number of hydrogen-bond acceptors (Lipinski definition) is 6. The number of rotatable bonds is 5. The molecule has 3 heterocycles. The van der Waals surface area contributed by atoms with Crippen LogP contribution in [0.4, 0.5) is 17.2 Å². The number of carbonyl (C=O) groups is 1. The predicted molar refractivity (Wildman–Crippen MR) is 120 cm³/mol. The molecule has 1 N–H and O–H groups in total. The van der Waals surface area contributed by atoms with Gasteiger partial charge >= 0.3 is 0 Å². The Morgan fingerprint density at radius 2 is 2.19 bits per heavy atom. The van der Waals surface area contributed by atoms with Gasteiger partial charge in [0.2, 0.25) is 5.91 Å². The average Bonchev–Trinajstić information content (AvgIpc) is 3.44. The van der Waals surface area contributed by atoms with Crippen LogP contribution in [-0.2, 0) is 16.0 Å². The molecule has 1 aromatic heterocycles. The van der Waals surface area contributed by atoms with Crippen molar-refractivity contribution < 1.29 is 14.3 Å². The van der Waals surface area contributed by atoms with Gasteiger partial charge in [0.25, 0.3) is 0 Å². The molecule has 0 unspecified atom stereocenters. The summed E-state index contributed by atoms with van der Waals surface area (Å²) in [5, 5.41) is 3.81. The summed E-state index contributed by atoms with van der Waals surface area (Å²) >= 11 is 0. The molecule has 3 aromatic rings. The SMILES string of the molecule is C/C=C/C(=O)Nc1cc2c(N3CCc4ccccc43)ncnc2cc1O[C@@H]1CCOC1. The minimum absolute atomic E-state index is 0.0402. The number of anilines is 3. The standard InChI is InChI=1S/C24H24N4O3/c1-2-5-23(29)27-20-12-18-19(13-22(20)31-17-9-11-30-14-17)25-15-26-24(18)28-10-8-16-6-3-4-7-21(16)28/h2-7,12-13,15,17H,8-11,14H2,1H3,(H,27,29)/b5-2+/t17-/m1/s1. The molecule has 2 aromatic carbocycles. The van der Waals surface area contributed by atoms with Gasteiger partial charge in [-0.3, -0.25) is 4.79 Å². The Morgan fingerprint density at radius 3 is 3.03 bits per heavy atom. The Bertz CT molecular complexity index is 1150. The number of fused-ring (bicyclic) bond motifs is 2. The Balaban J connectivity index is 1.59. The molecular formula is C24H24N4O3. The van der Waals surface area contributed by atoms with Crippen molar-refractivity contribution in [3.8, 4) is 5.75 Å². The second-order valence-electron chi connectivity index (χ2n) is 7.69. The molecule has 1 saturated heterocycles. The maximum absolute atomic E-state index is 12.3. The van der Waals surface area contributed by atoms with E-state index in [1.54, 1.807) is 12.4 Å². The fourth-order valence-corrected chi connectivity index (χ4v) is 4.15. The summed E-state index contributed by atoms with van der Waals surface area (Å²) in [6.45, 7) is 3.88. The van der Waals surface area contributed by atoms with Gasteiger partial charge in [0.15, 0.2) is 0 Å². The van der Waals surface area contributed by atoms with E-state index in [-0.39, 0.29) is 12.0 Å². The van der Waals surface area contributed by atoms with Crippen LogP contribution in [0, 0.1) is 0 Å². The van der Waals surface area contributed by atoms with E-state index in [0.717, 1.165) is 41.8 Å². The van der Waals surface area contributed by atoms with Crippen LogP contribution in [0.25, 0.3) is 10.9 Å². The van der Waals surface area contributed by atoms with Crippen LogP contribution in [-0.4, -0.2) is 41.7 Å². The van der Waals surface area contributed by atoms with Crippen LogP contribution >= 0.6 is 0 Å². The largest absolute Gasteiger partial charge is 0.486 e. The Kier molecular flexibility index (Phi) is 5.26. The molecule has 0 bridgehead atoms. The molecule has 31 heavy (non-hydrogen) atoms. The zero-order valence-electron chi connectivity index (χ0n) is 17.4. The van der Waals surface area contributed by atoms with E-state index in [0.29, 0.717) is 24.7 Å². The van der Waals surface area contributed by atoms with Crippen molar-refractivity contribution in [1.82, 2.24) is 9.97 Å². The van der Waals surface area contributed by atoms with Crippen LogP contribution in [0.3, 0.4) is 0 Å². The van der Waals surface area contributed by atoms with Crippen molar-refractivity contribution in [3.63, 3.8) is 0 Å². The molecule has 1 atom stereocenters. The molecule has 2 aliphatic heterocycles. The molecule has 5 rings (SSSR count). The highest BCUT2D eigenvalue weighted by molar-refractivity contribution is 6.03. The first kappa shape index (κ1) is 19.5. The number of nitrogens with zero attached hydrogens (tertiary/aromatic N) is 3. The number of benzene rings is 2. The van der Waals surface area contributed by atoms with Gasteiger partial charge in [-0.15, -0.1) is 0 Å². The number of allylic oxidation sites excluding steroid dienone is 1. The summed E-state index contributed by atoms with van der Waals surface area (Å²) in [4.78, 5) is 23.6. The van der Waals surface area contributed by atoms with Crippen LogP contribution in [0.5, 0.6) is 5.75 Å². The summed E-state index contributed by atoms with van der Waals surface area (Å²) in [5.74, 6) is 1.21. The molecule has 1 amide bonds. The first-order valence-corrected chi connectivity index (χ1v) is 10.5. The maximum atomic E-state index is 12.3. The topological polar surface area (TPSA) is 76.6 Å². The highest BCUT2D eigenvalue weighted by Crippen LogP contribution is 2.39. The van der Waals surface area contributed by atoms with Gasteiger partial charge in [0, 0.05) is 30.1 Å². The second kappa shape index (κ2) is 8.35. The zero-order chi connectivity index (χ0) is 21.2. The Morgan fingerprint density at radius 1 is 1.29 bits per heavy atom. The fourth-order valence-electron chi connectivity index (χ4n) is 4.15. The van der Waals surface area contributed by atoms with Crippen LogP contribution in [0.1, 0.15) is 18.9 Å². The third-order valence-electron chi connectivity index (χ3n) is 5.62. The van der Waals surface area contributed by atoms with Gasteiger partial charge in [0.05, 0.1) is 24.4 Å². The van der Waals surface area contributed by atoms with Gasteiger partial charge in [-0.05, 0) is 37.1 Å². The number of para-hydroxylation sites is 1. The summed E-state index contributed by atoms with van der Waals surface area (Å²) in [6.07, 6.45) is 6.53. The smallest absolute Gasteiger partial charge is 0.248 e. The molecule has 7 heteroatoms. The third-order valence-corrected chi connectivity index (χ3v) is 5.62. The van der Waals surface area contributed by atoms with Crippen LogP contribution in [0.2, 0.25) is 0 Å². The molecule has 158 valence electrons. The van der Waals surface area contributed by atoms with Crippen molar-refractivity contribution in [2.24, 2.45) is 0 Å². The van der Waals surface area contributed by atoms with Crippen molar-refractivity contribution in [3.05, 3.63) is 60.4 Å². The maximum Gasteiger partial charge on any atom is 0.248 e. The molecule has 0 spiro atoms. The predicted octanol–water partition coefficient (Wildman–Crippen LogP) is 4.01. The fraction of sp³-hybridized carbons (Fsp3) is 0.292. The summed E-state index contributed by atoms with van der Waals surface area (Å²) in [5.41, 5.74) is 3.83. The van der Waals surface area contributed by atoms with E-state index in [9.17, 15) is 4.79 Å². The van der Waals surface area contributed by atoms with Gasteiger partial charge in [0.1, 0.15) is 24.0 Å². The van der Waals surface area contributed by atoms with Crippen LogP contribution < -0.4 is 15.0 Å². The number of amides is 1.